The molecule has 0 aromatic carbocycles. The fourth-order valence-electron chi connectivity index (χ4n) is 0.752. The number of hydrogen-bond donors (Lipinski definition) is 2. The van der Waals surface area contributed by atoms with E-state index in [0.29, 0.717) is 0 Å². The molecule has 0 atom stereocenters. The molecule has 6 heteroatoms. The molecule has 0 unspecified atom stereocenters. The van der Waals surface area contributed by atoms with Gasteiger partial charge in [-0.1, -0.05) is 11.6 Å². The molecule has 0 spiro atoms. The molecule has 1 aromatic rings. The summed E-state index contributed by atoms with van der Waals surface area (Å²) in [5.74, 6) is -0.138. The quantitative estimate of drug-likeness (QED) is 0.715. The maximum atomic E-state index is 12.2. The van der Waals surface area contributed by atoms with Gasteiger partial charge in [-0.05, 0) is 0 Å². The number of aromatic nitrogens is 1. The highest BCUT2D eigenvalue weighted by Gasteiger charge is 2.18. The molecule has 0 aliphatic heterocycles. The van der Waals surface area contributed by atoms with Gasteiger partial charge in [-0.2, -0.15) is 0 Å². The van der Waals surface area contributed by atoms with Crippen molar-refractivity contribution < 1.29 is 8.78 Å². The molecule has 4 N–H and O–H groups in total. The molecule has 0 radical (unpaired) electrons. The zero-order valence-corrected chi connectivity index (χ0v) is 6.65. The van der Waals surface area contributed by atoms with E-state index in [2.05, 4.69) is 4.98 Å². The van der Waals surface area contributed by atoms with E-state index in [-0.39, 0.29) is 16.5 Å². The summed E-state index contributed by atoms with van der Waals surface area (Å²) in [6.45, 7) is 0. The molecule has 0 saturated heterocycles. The number of anilines is 2. The summed E-state index contributed by atoms with van der Waals surface area (Å²) in [7, 11) is 0. The van der Waals surface area contributed by atoms with Crippen LogP contribution < -0.4 is 11.5 Å². The van der Waals surface area contributed by atoms with Crippen LogP contribution in [-0.4, -0.2) is 4.98 Å². The van der Waals surface area contributed by atoms with E-state index in [9.17, 15) is 8.78 Å². The van der Waals surface area contributed by atoms with Gasteiger partial charge in [0.2, 0.25) is 0 Å². The fraction of sp³-hybridized carbons (Fsp3) is 0.167. The first-order chi connectivity index (χ1) is 5.54. The van der Waals surface area contributed by atoms with Crippen molar-refractivity contribution in [3.8, 4) is 0 Å². The lowest BCUT2D eigenvalue weighted by molar-refractivity contribution is 0.152. The van der Waals surface area contributed by atoms with E-state index in [1.807, 2.05) is 0 Å². The second kappa shape index (κ2) is 3.10. The van der Waals surface area contributed by atoms with E-state index < -0.39 is 12.0 Å². The van der Waals surface area contributed by atoms with Crippen LogP contribution in [-0.2, 0) is 0 Å². The Morgan fingerprint density at radius 2 is 2.00 bits per heavy atom. The van der Waals surface area contributed by atoms with E-state index in [1.54, 1.807) is 0 Å². The first kappa shape index (κ1) is 8.99. The Bertz CT molecular complexity index is 303. The lowest BCUT2D eigenvalue weighted by Crippen LogP contribution is -2.01. The van der Waals surface area contributed by atoms with Crippen LogP contribution >= 0.6 is 11.6 Å². The van der Waals surface area contributed by atoms with E-state index in [4.69, 9.17) is 23.1 Å². The van der Waals surface area contributed by atoms with Crippen molar-refractivity contribution in [1.29, 1.82) is 0 Å². The number of hydrogen-bond acceptors (Lipinski definition) is 3. The Balaban J connectivity index is 3.33. The van der Waals surface area contributed by atoms with Gasteiger partial charge in [0.25, 0.3) is 6.43 Å². The number of nitrogens with two attached hydrogens (primary N) is 2. The molecule has 12 heavy (non-hydrogen) atoms. The monoisotopic (exact) mass is 193 g/mol. The molecule has 3 nitrogen and oxygen atoms in total. The predicted molar refractivity (Wildman–Crippen MR) is 43.0 cm³/mol. The largest absolute Gasteiger partial charge is 0.397 e. The topological polar surface area (TPSA) is 64.9 Å². The minimum Gasteiger partial charge on any atom is -0.397 e. The van der Waals surface area contributed by atoms with Crippen LogP contribution in [0.3, 0.4) is 0 Å². The molecule has 0 amide bonds. The van der Waals surface area contributed by atoms with Gasteiger partial charge in [-0.25, -0.2) is 13.8 Å². The molecule has 66 valence electrons. The minimum atomic E-state index is -2.73. The third kappa shape index (κ3) is 1.40. The SMILES string of the molecule is Nc1cnc(N)c(Cl)c1C(F)F. The van der Waals surface area contributed by atoms with Crippen molar-refractivity contribution in [2.45, 2.75) is 6.43 Å². The van der Waals surface area contributed by atoms with Crippen molar-refractivity contribution >= 4 is 23.1 Å². The second-order valence-electron chi connectivity index (χ2n) is 2.13. The third-order valence-electron chi connectivity index (χ3n) is 1.33. The van der Waals surface area contributed by atoms with Gasteiger partial charge in [0.1, 0.15) is 5.82 Å². The molecule has 0 saturated carbocycles. The maximum absolute atomic E-state index is 12.2. The summed E-state index contributed by atoms with van der Waals surface area (Å²) in [6, 6.07) is 0. The number of nitrogens with zero attached hydrogens (tertiary/aromatic N) is 1. The molecule has 0 aliphatic carbocycles. The normalized spacial score (nSPS) is 10.7. The Morgan fingerprint density at radius 1 is 1.42 bits per heavy atom. The molecule has 1 heterocycles. The molecule has 0 bridgehead atoms. The maximum Gasteiger partial charge on any atom is 0.267 e. The average Bonchev–Trinajstić information content (AvgIpc) is 1.97. The van der Waals surface area contributed by atoms with Gasteiger partial charge in [0.15, 0.2) is 0 Å². The van der Waals surface area contributed by atoms with Crippen LogP contribution in [0.2, 0.25) is 5.02 Å². The number of halogens is 3. The summed E-state index contributed by atoms with van der Waals surface area (Å²) < 4.78 is 24.4. The molecular weight excluding hydrogens is 188 g/mol. The first-order valence-corrected chi connectivity index (χ1v) is 3.39. The average molecular weight is 194 g/mol. The van der Waals surface area contributed by atoms with Crippen LogP contribution in [0.25, 0.3) is 0 Å². The summed E-state index contributed by atoms with van der Waals surface area (Å²) in [6.07, 6.45) is -1.68. The second-order valence-corrected chi connectivity index (χ2v) is 2.51. The number of rotatable bonds is 1. The van der Waals surface area contributed by atoms with Crippen LogP contribution in [0.1, 0.15) is 12.0 Å². The molecule has 0 aliphatic rings. The van der Waals surface area contributed by atoms with Gasteiger partial charge in [0, 0.05) is 0 Å². The molecular formula is C6H6ClF2N3. The van der Waals surface area contributed by atoms with Gasteiger partial charge in [-0.3, -0.25) is 0 Å². The minimum absolute atomic E-state index is 0.138. The zero-order chi connectivity index (χ0) is 9.30. The Morgan fingerprint density at radius 3 is 2.42 bits per heavy atom. The van der Waals surface area contributed by atoms with Gasteiger partial charge < -0.3 is 11.5 Å². The van der Waals surface area contributed by atoms with Crippen LogP contribution in [0.4, 0.5) is 20.3 Å². The number of nitrogen functional groups attached to an aromatic ring is 2. The third-order valence-corrected chi connectivity index (χ3v) is 1.73. The Hall–Kier alpha value is -1.10. The Labute approximate surface area is 72.3 Å². The summed E-state index contributed by atoms with van der Waals surface area (Å²) in [5.41, 5.74) is 9.80. The lowest BCUT2D eigenvalue weighted by Gasteiger charge is -2.07. The Kier molecular flexibility index (Phi) is 2.32. The number of alkyl halides is 2. The molecule has 1 aromatic heterocycles. The van der Waals surface area contributed by atoms with E-state index in [0.717, 1.165) is 6.20 Å². The van der Waals surface area contributed by atoms with Crippen molar-refractivity contribution in [3.63, 3.8) is 0 Å². The van der Waals surface area contributed by atoms with Crippen LogP contribution in [0.5, 0.6) is 0 Å². The van der Waals surface area contributed by atoms with E-state index >= 15 is 0 Å². The van der Waals surface area contributed by atoms with Crippen LogP contribution in [0.15, 0.2) is 6.20 Å². The lowest BCUT2D eigenvalue weighted by atomic mass is 10.2. The van der Waals surface area contributed by atoms with Gasteiger partial charge in [-0.15, -0.1) is 0 Å². The summed E-state index contributed by atoms with van der Waals surface area (Å²) >= 11 is 5.45. The standard InChI is InChI=1S/C6H6ClF2N3/c7-4-3(5(8)9)2(10)1-12-6(4)11/h1,5H,10H2,(H2,11,12). The molecule has 0 fully saturated rings. The van der Waals surface area contributed by atoms with Crippen molar-refractivity contribution in [2.24, 2.45) is 0 Å². The van der Waals surface area contributed by atoms with Crippen LogP contribution in [0, 0.1) is 0 Å². The van der Waals surface area contributed by atoms with E-state index in [1.165, 1.54) is 0 Å². The summed E-state index contributed by atoms with van der Waals surface area (Å²) in [4.78, 5) is 3.51. The predicted octanol–water partition coefficient (Wildman–Crippen LogP) is 1.84. The zero-order valence-electron chi connectivity index (χ0n) is 5.89. The summed E-state index contributed by atoms with van der Waals surface area (Å²) in [5, 5.41) is -0.273. The van der Waals surface area contributed by atoms with Gasteiger partial charge in [0.05, 0.1) is 22.5 Å². The fourth-order valence-corrected chi connectivity index (χ4v) is 0.992. The van der Waals surface area contributed by atoms with Crippen molar-refractivity contribution in [1.82, 2.24) is 4.98 Å². The van der Waals surface area contributed by atoms with Crippen molar-refractivity contribution in [3.05, 3.63) is 16.8 Å². The highest BCUT2D eigenvalue weighted by Crippen LogP contribution is 2.34. The highest BCUT2D eigenvalue weighted by atomic mass is 35.5. The van der Waals surface area contributed by atoms with Gasteiger partial charge >= 0.3 is 0 Å². The molecule has 1 rings (SSSR count). The highest BCUT2D eigenvalue weighted by molar-refractivity contribution is 6.33. The smallest absolute Gasteiger partial charge is 0.267 e. The van der Waals surface area contributed by atoms with Crippen molar-refractivity contribution in [2.75, 3.05) is 11.5 Å². The number of pyridine rings is 1. The first-order valence-electron chi connectivity index (χ1n) is 3.01.